The lowest BCUT2D eigenvalue weighted by Gasteiger charge is -2.09. The third kappa shape index (κ3) is 1.82. The number of amides is 2. The summed E-state index contributed by atoms with van der Waals surface area (Å²) in [6.45, 7) is -0.591. The van der Waals surface area contributed by atoms with E-state index in [1.165, 1.54) is 12.1 Å². The van der Waals surface area contributed by atoms with Crippen LogP contribution >= 0.6 is 9.90 Å². The topological polar surface area (TPSA) is 74.7 Å². The molecular formula is C10H10NO4P. The molecule has 2 amide bonds. The normalized spacial score (nSPS) is 13.4. The second-order valence-corrected chi connectivity index (χ2v) is 3.14. The second-order valence-electron chi connectivity index (χ2n) is 3.14. The molecule has 1 aromatic rings. The maximum absolute atomic E-state index is 11.6. The minimum absolute atomic E-state index is 0. The number of benzene rings is 1. The van der Waals surface area contributed by atoms with Crippen molar-refractivity contribution in [2.75, 3.05) is 6.54 Å². The Morgan fingerprint density at radius 2 is 1.56 bits per heavy atom. The molecule has 0 bridgehead atoms. The average Bonchev–Trinajstić information content (AvgIpc) is 2.44. The molecule has 1 aliphatic rings. The molecule has 0 saturated carbocycles. The minimum atomic E-state index is -1.20. The summed E-state index contributed by atoms with van der Waals surface area (Å²) >= 11 is 0. The van der Waals surface area contributed by atoms with Crippen molar-refractivity contribution in [3.63, 3.8) is 0 Å². The van der Waals surface area contributed by atoms with Crippen molar-refractivity contribution in [1.82, 2.24) is 4.90 Å². The molecule has 6 heteroatoms. The highest BCUT2D eigenvalue weighted by Gasteiger charge is 2.35. The average molecular weight is 239 g/mol. The number of carboxylic acid groups (broad SMARTS) is 1. The zero-order valence-corrected chi connectivity index (χ0v) is 9.76. The summed E-state index contributed by atoms with van der Waals surface area (Å²) in [6, 6.07) is 6.29. The van der Waals surface area contributed by atoms with Gasteiger partial charge in [-0.05, 0) is 12.1 Å². The quantitative estimate of drug-likeness (QED) is 0.599. The lowest BCUT2D eigenvalue weighted by Crippen LogP contribution is -2.34. The summed E-state index contributed by atoms with van der Waals surface area (Å²) < 4.78 is 0. The number of aliphatic carboxylic acids is 1. The predicted molar refractivity (Wildman–Crippen MR) is 60.5 cm³/mol. The Kier molecular flexibility index (Phi) is 3.40. The van der Waals surface area contributed by atoms with Crippen LogP contribution in [0.1, 0.15) is 20.7 Å². The van der Waals surface area contributed by atoms with E-state index in [4.69, 9.17) is 5.11 Å². The van der Waals surface area contributed by atoms with E-state index in [1.54, 1.807) is 12.1 Å². The Labute approximate surface area is 94.7 Å². The lowest BCUT2D eigenvalue weighted by molar-refractivity contribution is -0.137. The summed E-state index contributed by atoms with van der Waals surface area (Å²) in [6.07, 6.45) is 0. The largest absolute Gasteiger partial charge is 0.480 e. The first-order valence-corrected chi connectivity index (χ1v) is 4.28. The molecule has 84 valence electrons. The fourth-order valence-corrected chi connectivity index (χ4v) is 1.52. The number of carboxylic acids is 1. The van der Waals surface area contributed by atoms with Gasteiger partial charge in [-0.1, -0.05) is 12.1 Å². The van der Waals surface area contributed by atoms with Crippen molar-refractivity contribution in [2.45, 2.75) is 0 Å². The number of imide groups is 1. The van der Waals surface area contributed by atoms with Gasteiger partial charge < -0.3 is 5.11 Å². The number of carbonyl (C=O) groups is 3. The van der Waals surface area contributed by atoms with Gasteiger partial charge in [0.2, 0.25) is 0 Å². The molecular weight excluding hydrogens is 229 g/mol. The SMILES string of the molecule is O=C(O)CN1C(=O)c2ccccc2C1=O.P. The first-order chi connectivity index (χ1) is 7.11. The fourth-order valence-electron chi connectivity index (χ4n) is 1.52. The number of hydrogen-bond donors (Lipinski definition) is 1. The van der Waals surface area contributed by atoms with E-state index < -0.39 is 24.3 Å². The molecule has 1 aromatic carbocycles. The van der Waals surface area contributed by atoms with Crippen molar-refractivity contribution >= 4 is 27.7 Å². The molecule has 2 rings (SSSR count). The van der Waals surface area contributed by atoms with Crippen molar-refractivity contribution in [2.24, 2.45) is 0 Å². The van der Waals surface area contributed by atoms with Crippen LogP contribution in [0.5, 0.6) is 0 Å². The molecule has 0 spiro atoms. The number of carbonyl (C=O) groups excluding carboxylic acids is 2. The summed E-state index contributed by atoms with van der Waals surface area (Å²) in [5.41, 5.74) is 0.535. The van der Waals surface area contributed by atoms with Gasteiger partial charge in [-0.25, -0.2) is 0 Å². The second kappa shape index (κ2) is 4.41. The number of nitrogens with zero attached hydrogens (tertiary/aromatic N) is 1. The van der Waals surface area contributed by atoms with Gasteiger partial charge in [0.25, 0.3) is 11.8 Å². The fraction of sp³-hybridized carbons (Fsp3) is 0.100. The van der Waals surface area contributed by atoms with Crippen LogP contribution in [-0.4, -0.2) is 34.3 Å². The van der Waals surface area contributed by atoms with Crippen LogP contribution in [0.15, 0.2) is 24.3 Å². The molecule has 1 N–H and O–H groups in total. The molecule has 1 unspecified atom stereocenters. The summed E-state index contributed by atoms with van der Waals surface area (Å²) in [4.78, 5) is 34.3. The van der Waals surface area contributed by atoms with Gasteiger partial charge in [-0.3, -0.25) is 19.3 Å². The molecule has 1 aliphatic heterocycles. The standard InChI is InChI=1S/C10H7NO4.H3P/c12-8(13)5-11-9(14)6-3-1-2-4-7(6)10(11)15;/h1-4H,5H2,(H,12,13);1H3. The van der Waals surface area contributed by atoms with Crippen molar-refractivity contribution in [3.8, 4) is 0 Å². The number of hydrogen-bond acceptors (Lipinski definition) is 3. The van der Waals surface area contributed by atoms with Crippen LogP contribution in [0.4, 0.5) is 0 Å². The van der Waals surface area contributed by atoms with Crippen molar-refractivity contribution in [3.05, 3.63) is 35.4 Å². The monoisotopic (exact) mass is 239 g/mol. The summed E-state index contributed by atoms with van der Waals surface area (Å²) in [7, 11) is 0. The molecule has 0 aromatic heterocycles. The summed E-state index contributed by atoms with van der Waals surface area (Å²) in [5.74, 6) is -2.29. The first kappa shape index (κ1) is 12.3. The Morgan fingerprint density at radius 3 is 1.94 bits per heavy atom. The van der Waals surface area contributed by atoms with E-state index in [-0.39, 0.29) is 21.0 Å². The lowest BCUT2D eigenvalue weighted by atomic mass is 10.1. The Morgan fingerprint density at radius 1 is 1.12 bits per heavy atom. The maximum atomic E-state index is 11.6. The van der Waals surface area contributed by atoms with E-state index in [9.17, 15) is 14.4 Å². The third-order valence-corrected chi connectivity index (χ3v) is 2.17. The predicted octanol–water partition coefficient (Wildman–Crippen LogP) is 0.425. The van der Waals surface area contributed by atoms with Gasteiger partial charge in [0, 0.05) is 0 Å². The van der Waals surface area contributed by atoms with Crippen LogP contribution < -0.4 is 0 Å². The Hall–Kier alpha value is -1.74. The van der Waals surface area contributed by atoms with E-state index in [0.29, 0.717) is 0 Å². The van der Waals surface area contributed by atoms with Crippen LogP contribution in [0.3, 0.4) is 0 Å². The Bertz CT molecular complexity index is 437. The molecule has 1 heterocycles. The smallest absolute Gasteiger partial charge is 0.323 e. The van der Waals surface area contributed by atoms with Crippen molar-refractivity contribution in [1.29, 1.82) is 0 Å². The number of fused-ring (bicyclic) bond motifs is 1. The maximum Gasteiger partial charge on any atom is 0.323 e. The molecule has 0 aliphatic carbocycles. The molecule has 5 nitrogen and oxygen atoms in total. The van der Waals surface area contributed by atoms with Gasteiger partial charge in [0.15, 0.2) is 0 Å². The van der Waals surface area contributed by atoms with Gasteiger partial charge in [0.1, 0.15) is 6.54 Å². The first-order valence-electron chi connectivity index (χ1n) is 4.28. The van der Waals surface area contributed by atoms with E-state index in [0.717, 1.165) is 4.90 Å². The van der Waals surface area contributed by atoms with Gasteiger partial charge in [-0.15, -0.1) is 0 Å². The van der Waals surface area contributed by atoms with Crippen LogP contribution in [0, 0.1) is 0 Å². The third-order valence-electron chi connectivity index (χ3n) is 2.17. The minimum Gasteiger partial charge on any atom is -0.480 e. The van der Waals surface area contributed by atoms with Crippen LogP contribution in [0.25, 0.3) is 0 Å². The highest BCUT2D eigenvalue weighted by Crippen LogP contribution is 2.21. The van der Waals surface area contributed by atoms with Crippen LogP contribution in [0.2, 0.25) is 0 Å². The van der Waals surface area contributed by atoms with Gasteiger partial charge >= 0.3 is 5.97 Å². The molecule has 0 radical (unpaired) electrons. The van der Waals surface area contributed by atoms with E-state index in [1.807, 2.05) is 0 Å². The van der Waals surface area contributed by atoms with Crippen LogP contribution in [-0.2, 0) is 4.79 Å². The van der Waals surface area contributed by atoms with E-state index >= 15 is 0 Å². The molecule has 1 atom stereocenters. The molecule has 0 saturated heterocycles. The zero-order chi connectivity index (χ0) is 11.0. The van der Waals surface area contributed by atoms with Gasteiger partial charge in [-0.2, -0.15) is 9.90 Å². The van der Waals surface area contributed by atoms with E-state index in [2.05, 4.69) is 0 Å². The summed E-state index contributed by atoms with van der Waals surface area (Å²) in [5, 5.41) is 8.54. The van der Waals surface area contributed by atoms with Gasteiger partial charge in [0.05, 0.1) is 11.1 Å². The zero-order valence-electron chi connectivity index (χ0n) is 8.34. The number of rotatable bonds is 2. The highest BCUT2D eigenvalue weighted by molar-refractivity contribution is 6.92. The molecule has 0 fully saturated rings. The Balaban J connectivity index is 0.00000128. The van der Waals surface area contributed by atoms with Crippen molar-refractivity contribution < 1.29 is 19.5 Å². The molecule has 16 heavy (non-hydrogen) atoms. The highest BCUT2D eigenvalue weighted by atomic mass is 31.0.